The summed E-state index contributed by atoms with van der Waals surface area (Å²) in [6, 6.07) is 1.50. The van der Waals surface area contributed by atoms with Gasteiger partial charge in [-0.15, -0.1) is 0 Å². The zero-order valence-electron chi connectivity index (χ0n) is 11.6. The molecule has 0 aliphatic rings. The maximum Gasteiger partial charge on any atom is 0.341 e. The fourth-order valence-electron chi connectivity index (χ4n) is 1.25. The Kier molecular flexibility index (Phi) is 4.92. The summed E-state index contributed by atoms with van der Waals surface area (Å²) in [4.78, 5) is 22.8. The van der Waals surface area contributed by atoms with Gasteiger partial charge in [0, 0.05) is 6.08 Å². The lowest BCUT2D eigenvalue weighted by Crippen LogP contribution is -2.22. The first-order valence-electron chi connectivity index (χ1n) is 5.98. The quantitative estimate of drug-likeness (QED) is 0.619. The Morgan fingerprint density at radius 2 is 2.05 bits per heavy atom. The summed E-state index contributed by atoms with van der Waals surface area (Å²) in [5.41, 5.74) is -0.230. The lowest BCUT2D eigenvalue weighted by Gasteiger charge is -2.17. The molecule has 0 saturated heterocycles. The summed E-state index contributed by atoms with van der Waals surface area (Å²) in [5.74, 6) is -0.543. The van der Waals surface area contributed by atoms with Crippen molar-refractivity contribution in [2.75, 3.05) is 6.61 Å². The van der Waals surface area contributed by atoms with Gasteiger partial charge in [-0.25, -0.2) is 9.59 Å². The molecule has 1 aromatic heterocycles. The number of ether oxygens (including phenoxy) is 2. The van der Waals surface area contributed by atoms with Gasteiger partial charge in [0.2, 0.25) is 0 Å². The van der Waals surface area contributed by atoms with Crippen molar-refractivity contribution in [3.05, 3.63) is 29.7 Å². The number of furan rings is 1. The molecule has 1 rings (SSSR count). The van der Waals surface area contributed by atoms with Crippen LogP contribution in [-0.2, 0) is 14.3 Å². The molecule has 0 unspecified atom stereocenters. The Bertz CT molecular complexity index is 476. The van der Waals surface area contributed by atoms with Crippen molar-refractivity contribution in [3.63, 3.8) is 0 Å². The molecule has 0 atom stereocenters. The third-order valence-corrected chi connectivity index (χ3v) is 1.92. The lowest BCUT2D eigenvalue weighted by molar-refractivity contribution is -0.148. The van der Waals surface area contributed by atoms with Crippen LogP contribution in [0.2, 0.25) is 0 Å². The van der Waals surface area contributed by atoms with E-state index in [4.69, 9.17) is 13.9 Å². The molecule has 104 valence electrons. The minimum atomic E-state index is -0.541. The second-order valence-corrected chi connectivity index (χ2v) is 4.83. The standard InChI is InChI=1S/C14H18O5/c1-5-17-13(16)10-8-11(18-9-10)6-7-12(15)19-14(2,3)4/h6-9H,5H2,1-4H3/b7-6+. The molecule has 0 radical (unpaired) electrons. The van der Waals surface area contributed by atoms with Crippen LogP contribution in [0.4, 0.5) is 0 Å². The molecule has 0 aromatic carbocycles. The van der Waals surface area contributed by atoms with Gasteiger partial charge in [-0.3, -0.25) is 0 Å². The highest BCUT2D eigenvalue weighted by molar-refractivity contribution is 5.90. The Morgan fingerprint density at radius 1 is 1.37 bits per heavy atom. The predicted molar refractivity (Wildman–Crippen MR) is 69.5 cm³/mol. The van der Waals surface area contributed by atoms with Gasteiger partial charge in [0.05, 0.1) is 12.2 Å². The van der Waals surface area contributed by atoms with E-state index in [-0.39, 0.29) is 0 Å². The van der Waals surface area contributed by atoms with E-state index in [9.17, 15) is 9.59 Å². The van der Waals surface area contributed by atoms with Crippen molar-refractivity contribution in [1.82, 2.24) is 0 Å². The molecule has 0 aliphatic carbocycles. The summed E-state index contributed by atoms with van der Waals surface area (Å²) < 4.78 is 15.0. The van der Waals surface area contributed by atoms with Gasteiger partial charge in [-0.1, -0.05) is 0 Å². The van der Waals surface area contributed by atoms with Gasteiger partial charge in [0.15, 0.2) is 0 Å². The Labute approximate surface area is 112 Å². The van der Waals surface area contributed by atoms with Crippen LogP contribution in [0, 0.1) is 0 Å². The zero-order valence-corrected chi connectivity index (χ0v) is 11.6. The van der Waals surface area contributed by atoms with Crippen LogP contribution in [0.25, 0.3) is 6.08 Å². The van der Waals surface area contributed by atoms with Gasteiger partial charge >= 0.3 is 11.9 Å². The molecule has 0 N–H and O–H groups in total. The van der Waals surface area contributed by atoms with E-state index in [0.717, 1.165) is 0 Å². The molecule has 0 amide bonds. The molecular weight excluding hydrogens is 248 g/mol. The lowest BCUT2D eigenvalue weighted by atomic mass is 10.2. The fourth-order valence-corrected chi connectivity index (χ4v) is 1.25. The van der Waals surface area contributed by atoms with Crippen LogP contribution in [0.1, 0.15) is 43.8 Å². The molecule has 1 heterocycles. The molecular formula is C14H18O5. The molecule has 1 aromatic rings. The van der Waals surface area contributed by atoms with Crippen molar-refractivity contribution in [2.24, 2.45) is 0 Å². The monoisotopic (exact) mass is 266 g/mol. The van der Waals surface area contributed by atoms with Crippen molar-refractivity contribution < 1.29 is 23.5 Å². The predicted octanol–water partition coefficient (Wildman–Crippen LogP) is 2.81. The number of hydrogen-bond acceptors (Lipinski definition) is 5. The van der Waals surface area contributed by atoms with Crippen molar-refractivity contribution in [2.45, 2.75) is 33.3 Å². The number of carbonyl (C=O) groups excluding carboxylic acids is 2. The topological polar surface area (TPSA) is 65.7 Å². The molecule has 5 heteroatoms. The highest BCUT2D eigenvalue weighted by atomic mass is 16.6. The molecule has 0 spiro atoms. The van der Waals surface area contributed by atoms with Crippen LogP contribution in [0.3, 0.4) is 0 Å². The smallest absolute Gasteiger partial charge is 0.341 e. The third kappa shape index (κ3) is 5.42. The summed E-state index contributed by atoms with van der Waals surface area (Å²) in [6.45, 7) is 7.37. The summed E-state index contributed by atoms with van der Waals surface area (Å²) in [7, 11) is 0. The average Bonchev–Trinajstić information content (AvgIpc) is 2.73. The van der Waals surface area contributed by atoms with Crippen LogP contribution < -0.4 is 0 Å². The zero-order chi connectivity index (χ0) is 14.5. The van der Waals surface area contributed by atoms with Gasteiger partial charge in [0.1, 0.15) is 17.6 Å². The molecule has 0 bridgehead atoms. The Morgan fingerprint density at radius 3 is 2.63 bits per heavy atom. The van der Waals surface area contributed by atoms with E-state index in [1.165, 1.54) is 24.5 Å². The van der Waals surface area contributed by atoms with Gasteiger partial charge < -0.3 is 13.9 Å². The van der Waals surface area contributed by atoms with E-state index >= 15 is 0 Å². The maximum atomic E-state index is 11.4. The molecule has 19 heavy (non-hydrogen) atoms. The first kappa shape index (κ1) is 15.0. The van der Waals surface area contributed by atoms with E-state index in [2.05, 4.69) is 0 Å². The van der Waals surface area contributed by atoms with E-state index in [1.807, 2.05) is 0 Å². The second-order valence-electron chi connectivity index (χ2n) is 4.83. The SMILES string of the molecule is CCOC(=O)c1coc(/C=C/C(=O)OC(C)(C)C)c1. The second kappa shape index (κ2) is 6.22. The molecule has 0 fully saturated rings. The van der Waals surface area contributed by atoms with E-state index < -0.39 is 17.5 Å². The van der Waals surface area contributed by atoms with Crippen molar-refractivity contribution in [3.8, 4) is 0 Å². The first-order valence-corrected chi connectivity index (χ1v) is 5.98. The highest BCUT2D eigenvalue weighted by Gasteiger charge is 2.14. The minimum Gasteiger partial charge on any atom is -0.464 e. The highest BCUT2D eigenvalue weighted by Crippen LogP contribution is 2.12. The minimum absolute atomic E-state index is 0.299. The largest absolute Gasteiger partial charge is 0.464 e. The number of carbonyl (C=O) groups is 2. The Hall–Kier alpha value is -2.04. The van der Waals surface area contributed by atoms with Crippen molar-refractivity contribution >= 4 is 18.0 Å². The van der Waals surface area contributed by atoms with Crippen LogP contribution in [-0.4, -0.2) is 24.1 Å². The summed E-state index contributed by atoms with van der Waals surface area (Å²) in [6.07, 6.45) is 3.97. The van der Waals surface area contributed by atoms with Gasteiger partial charge in [-0.2, -0.15) is 0 Å². The van der Waals surface area contributed by atoms with Gasteiger partial charge in [0.25, 0.3) is 0 Å². The fraction of sp³-hybridized carbons (Fsp3) is 0.429. The normalized spacial score (nSPS) is 11.6. The number of esters is 2. The van der Waals surface area contributed by atoms with E-state index in [0.29, 0.717) is 17.9 Å². The van der Waals surface area contributed by atoms with Gasteiger partial charge in [-0.05, 0) is 39.8 Å². The maximum absolute atomic E-state index is 11.4. The number of rotatable bonds is 4. The van der Waals surface area contributed by atoms with Crippen molar-refractivity contribution in [1.29, 1.82) is 0 Å². The van der Waals surface area contributed by atoms with Crippen LogP contribution >= 0.6 is 0 Å². The molecule has 0 aliphatic heterocycles. The van der Waals surface area contributed by atoms with Crippen LogP contribution in [0.15, 0.2) is 22.8 Å². The Balaban J connectivity index is 2.63. The summed E-state index contributed by atoms with van der Waals surface area (Å²) in [5, 5.41) is 0. The average molecular weight is 266 g/mol. The van der Waals surface area contributed by atoms with Crippen LogP contribution in [0.5, 0.6) is 0 Å². The third-order valence-electron chi connectivity index (χ3n) is 1.92. The molecule has 5 nitrogen and oxygen atoms in total. The van der Waals surface area contributed by atoms with E-state index in [1.54, 1.807) is 27.7 Å². The summed E-state index contributed by atoms with van der Waals surface area (Å²) >= 11 is 0. The number of hydrogen-bond donors (Lipinski definition) is 0. The first-order chi connectivity index (χ1) is 8.81. The molecule has 0 saturated carbocycles.